The Balaban J connectivity index is 0.00000210. The van der Waals surface area contributed by atoms with Gasteiger partial charge in [-0.15, -0.1) is 24.8 Å². The van der Waals surface area contributed by atoms with Crippen LogP contribution in [0, 0.1) is 22.7 Å². The number of nitrogens with two attached hydrogens (primary N) is 2. The molecule has 1 fully saturated rings. The summed E-state index contributed by atoms with van der Waals surface area (Å²) in [6, 6.07) is 13.3. The van der Waals surface area contributed by atoms with Crippen LogP contribution in [0.4, 0.5) is 11.4 Å². The number of carbonyl (C=O) groups excluding carboxylic acids is 2. The zero-order chi connectivity index (χ0) is 19.6. The van der Waals surface area contributed by atoms with Crippen molar-refractivity contribution < 1.29 is 9.59 Å². The highest BCUT2D eigenvalue weighted by molar-refractivity contribution is 6.04. The molecule has 2 aromatic carbocycles. The summed E-state index contributed by atoms with van der Waals surface area (Å²) in [5.74, 6) is -1.23. The highest BCUT2D eigenvalue weighted by Gasteiger charge is 2.48. The Morgan fingerprint density at radius 2 is 1.03 bits per heavy atom. The smallest absolute Gasteiger partial charge is 0.228 e. The first-order valence-corrected chi connectivity index (χ1v) is 8.36. The van der Waals surface area contributed by atoms with Gasteiger partial charge in [0.1, 0.15) is 11.7 Å². The van der Waals surface area contributed by atoms with Crippen molar-refractivity contribution >= 4 is 59.7 Å². The molecular formula is C19H22Cl2N6O2. The average Bonchev–Trinajstić information content (AvgIpc) is 3.43. The molecule has 0 radical (unpaired) electrons. The van der Waals surface area contributed by atoms with Gasteiger partial charge in [-0.2, -0.15) is 0 Å². The second kappa shape index (κ2) is 9.90. The molecule has 1 saturated carbocycles. The SMILES string of the molecule is Cl.Cl.N=C(N)c1ccc(NC(=O)[C@H]2C[C@@H]2C(=O)Nc2ccc(C(=N)N)cc2)cc1. The number of amides is 2. The number of halogens is 2. The Hall–Kier alpha value is -3.10. The van der Waals surface area contributed by atoms with Gasteiger partial charge in [0.2, 0.25) is 11.8 Å². The van der Waals surface area contributed by atoms with Crippen LogP contribution in [-0.4, -0.2) is 23.5 Å². The Bertz CT molecular complexity index is 840. The molecule has 10 heteroatoms. The van der Waals surface area contributed by atoms with Gasteiger partial charge in [0.15, 0.2) is 0 Å². The number of hydrogen-bond acceptors (Lipinski definition) is 4. The molecule has 2 aromatic rings. The van der Waals surface area contributed by atoms with E-state index < -0.39 is 0 Å². The van der Waals surface area contributed by atoms with Crippen molar-refractivity contribution in [2.45, 2.75) is 6.42 Å². The first-order chi connectivity index (χ1) is 12.8. The monoisotopic (exact) mass is 436 g/mol. The van der Waals surface area contributed by atoms with Crippen LogP contribution in [0.1, 0.15) is 17.5 Å². The molecule has 1 aliphatic carbocycles. The summed E-state index contributed by atoms with van der Waals surface area (Å²) in [5, 5.41) is 20.2. The van der Waals surface area contributed by atoms with E-state index in [0.717, 1.165) is 0 Å². The third-order valence-corrected chi connectivity index (χ3v) is 4.39. The zero-order valence-corrected chi connectivity index (χ0v) is 16.9. The molecule has 8 N–H and O–H groups in total. The van der Waals surface area contributed by atoms with Gasteiger partial charge in [-0.05, 0) is 55.0 Å². The number of rotatable bonds is 6. The van der Waals surface area contributed by atoms with Crippen LogP contribution in [0.25, 0.3) is 0 Å². The van der Waals surface area contributed by atoms with Crippen LogP contribution in [0.5, 0.6) is 0 Å². The molecule has 0 heterocycles. The summed E-state index contributed by atoms with van der Waals surface area (Å²) in [5.41, 5.74) is 13.1. The molecule has 0 aromatic heterocycles. The third-order valence-electron chi connectivity index (χ3n) is 4.39. The predicted molar refractivity (Wildman–Crippen MR) is 118 cm³/mol. The number of anilines is 2. The lowest BCUT2D eigenvalue weighted by molar-refractivity contribution is -0.122. The third kappa shape index (κ3) is 5.94. The number of nitrogen functional groups attached to an aromatic ring is 2. The Morgan fingerprint density at radius 1 is 0.724 bits per heavy atom. The molecule has 0 aliphatic heterocycles. The van der Waals surface area contributed by atoms with E-state index in [1.165, 1.54) is 0 Å². The standard InChI is InChI=1S/C19H20N6O2.2ClH/c20-16(21)10-1-5-12(6-2-10)24-18(26)14-9-15(14)19(27)25-13-7-3-11(4-8-13)17(22)23;;/h1-8,14-15H,9H2,(H3,20,21)(H3,22,23)(H,24,26)(H,25,27);2*1H/t14-,15-;;/m0../s1. The van der Waals surface area contributed by atoms with Crippen LogP contribution in [0.3, 0.4) is 0 Å². The second-order valence-corrected chi connectivity index (χ2v) is 6.41. The van der Waals surface area contributed by atoms with E-state index in [0.29, 0.717) is 28.9 Å². The van der Waals surface area contributed by atoms with E-state index in [4.69, 9.17) is 22.3 Å². The Labute approximate surface area is 180 Å². The first-order valence-electron chi connectivity index (χ1n) is 8.36. The zero-order valence-electron chi connectivity index (χ0n) is 15.3. The van der Waals surface area contributed by atoms with Gasteiger partial charge in [0, 0.05) is 22.5 Å². The maximum Gasteiger partial charge on any atom is 0.228 e. The fraction of sp³-hybridized carbons (Fsp3) is 0.158. The lowest BCUT2D eigenvalue weighted by atomic mass is 10.2. The molecule has 2 amide bonds. The summed E-state index contributed by atoms with van der Waals surface area (Å²) in [7, 11) is 0. The maximum atomic E-state index is 12.3. The van der Waals surface area contributed by atoms with Crippen LogP contribution < -0.4 is 22.1 Å². The second-order valence-electron chi connectivity index (χ2n) is 6.41. The molecule has 2 atom stereocenters. The fourth-order valence-electron chi connectivity index (χ4n) is 2.71. The van der Waals surface area contributed by atoms with Crippen molar-refractivity contribution in [3.63, 3.8) is 0 Å². The molecule has 0 spiro atoms. The van der Waals surface area contributed by atoms with Crippen molar-refractivity contribution in [1.82, 2.24) is 0 Å². The molecule has 3 rings (SSSR count). The Kier molecular flexibility index (Phi) is 8.17. The maximum absolute atomic E-state index is 12.3. The van der Waals surface area contributed by atoms with Crippen LogP contribution in [0.15, 0.2) is 48.5 Å². The number of carbonyl (C=O) groups is 2. The molecule has 1 aliphatic rings. The topological polar surface area (TPSA) is 158 Å². The van der Waals surface area contributed by atoms with E-state index in [9.17, 15) is 9.59 Å². The lowest BCUT2D eigenvalue weighted by Crippen LogP contribution is -2.20. The van der Waals surface area contributed by atoms with E-state index in [1.807, 2.05) is 0 Å². The first kappa shape index (κ1) is 23.9. The largest absolute Gasteiger partial charge is 0.384 e. The molecule has 154 valence electrons. The normalized spacial score (nSPS) is 16.4. The lowest BCUT2D eigenvalue weighted by Gasteiger charge is -2.07. The minimum Gasteiger partial charge on any atom is -0.384 e. The highest BCUT2D eigenvalue weighted by Crippen LogP contribution is 2.40. The van der Waals surface area contributed by atoms with Crippen LogP contribution in [0.2, 0.25) is 0 Å². The molecule has 0 saturated heterocycles. The molecule has 0 bridgehead atoms. The predicted octanol–water partition coefficient (Wildman–Crippen LogP) is 2.31. The average molecular weight is 437 g/mol. The minimum atomic E-state index is -0.367. The Morgan fingerprint density at radius 3 is 1.31 bits per heavy atom. The van der Waals surface area contributed by atoms with E-state index in [1.54, 1.807) is 48.5 Å². The van der Waals surface area contributed by atoms with E-state index >= 15 is 0 Å². The number of benzene rings is 2. The summed E-state index contributed by atoms with van der Waals surface area (Å²) in [4.78, 5) is 24.6. The minimum absolute atomic E-state index is 0. The summed E-state index contributed by atoms with van der Waals surface area (Å²) in [6.45, 7) is 0. The van der Waals surface area contributed by atoms with E-state index in [2.05, 4.69) is 10.6 Å². The van der Waals surface area contributed by atoms with Gasteiger partial charge in [-0.1, -0.05) is 0 Å². The van der Waals surface area contributed by atoms with Crippen molar-refractivity contribution in [1.29, 1.82) is 10.8 Å². The van der Waals surface area contributed by atoms with E-state index in [-0.39, 0.29) is 60.1 Å². The van der Waals surface area contributed by atoms with Crippen molar-refractivity contribution in [3.05, 3.63) is 59.7 Å². The van der Waals surface area contributed by atoms with Gasteiger partial charge in [-0.25, -0.2) is 0 Å². The van der Waals surface area contributed by atoms with Gasteiger partial charge in [0.25, 0.3) is 0 Å². The summed E-state index contributed by atoms with van der Waals surface area (Å²) in [6.07, 6.45) is 0.495. The summed E-state index contributed by atoms with van der Waals surface area (Å²) >= 11 is 0. The number of amidine groups is 2. The number of hydrogen-bond donors (Lipinski definition) is 6. The van der Waals surface area contributed by atoms with Gasteiger partial charge < -0.3 is 22.1 Å². The van der Waals surface area contributed by atoms with Crippen molar-refractivity contribution in [2.24, 2.45) is 23.3 Å². The van der Waals surface area contributed by atoms with Gasteiger partial charge >= 0.3 is 0 Å². The van der Waals surface area contributed by atoms with Crippen LogP contribution in [-0.2, 0) is 9.59 Å². The van der Waals surface area contributed by atoms with Crippen LogP contribution >= 0.6 is 24.8 Å². The summed E-state index contributed by atoms with van der Waals surface area (Å²) < 4.78 is 0. The van der Waals surface area contributed by atoms with Crippen molar-refractivity contribution in [2.75, 3.05) is 10.6 Å². The van der Waals surface area contributed by atoms with Gasteiger partial charge in [0.05, 0.1) is 11.8 Å². The number of nitrogens with one attached hydrogen (secondary N) is 4. The molecular weight excluding hydrogens is 415 g/mol. The van der Waals surface area contributed by atoms with Crippen molar-refractivity contribution in [3.8, 4) is 0 Å². The molecule has 8 nitrogen and oxygen atoms in total. The fourth-order valence-corrected chi connectivity index (χ4v) is 2.71. The molecule has 0 unspecified atom stereocenters. The highest BCUT2D eigenvalue weighted by atomic mass is 35.5. The quantitative estimate of drug-likeness (QED) is 0.303. The molecule has 29 heavy (non-hydrogen) atoms. The van der Waals surface area contributed by atoms with Gasteiger partial charge in [-0.3, -0.25) is 20.4 Å².